The largest absolute Gasteiger partial charge is 0.423 e. The molecule has 8 nitrogen and oxygen atoms in total. The number of nitrogens with zero attached hydrogens (tertiary/aromatic N) is 3. The molecule has 2 atom stereocenters. The van der Waals surface area contributed by atoms with Crippen molar-refractivity contribution in [1.82, 2.24) is 15.2 Å². The molecule has 1 amide bonds. The Morgan fingerprint density at radius 3 is 2.52 bits per heavy atom. The monoisotopic (exact) mass is 476 g/mol. The smallest absolute Gasteiger partial charge is 0.298 e. The van der Waals surface area contributed by atoms with E-state index in [4.69, 9.17) is 18.9 Å². The molecule has 4 saturated heterocycles. The van der Waals surface area contributed by atoms with Crippen molar-refractivity contribution < 1.29 is 18.7 Å². The summed E-state index contributed by atoms with van der Waals surface area (Å²) in [5.74, 6) is -0.478. The molecule has 4 fully saturated rings. The summed E-state index contributed by atoms with van der Waals surface area (Å²) < 4.78 is 17.7. The first kappa shape index (κ1) is 22.9. The molecule has 1 aromatic heterocycles. The number of anilines is 1. The number of halogens is 1. The van der Waals surface area contributed by atoms with Gasteiger partial charge < -0.3 is 29.0 Å². The molecular formula is C24H33ClN4O4. The number of hydrogen-bond acceptors (Lipinski definition) is 7. The minimum atomic E-state index is -0.431. The number of hydrogen-bond donors (Lipinski definition) is 1. The summed E-state index contributed by atoms with van der Waals surface area (Å²) in [6.07, 6.45) is 7.40. The molecule has 4 aliphatic heterocycles. The van der Waals surface area contributed by atoms with E-state index < -0.39 is 5.79 Å². The van der Waals surface area contributed by atoms with Gasteiger partial charge in [0, 0.05) is 44.1 Å². The fraction of sp³-hybridized carbons (Fsp3) is 0.667. The summed E-state index contributed by atoms with van der Waals surface area (Å²) in [4.78, 5) is 22.6. The maximum absolute atomic E-state index is 13.2. The zero-order chi connectivity index (χ0) is 21.7. The van der Waals surface area contributed by atoms with Crippen LogP contribution in [0.25, 0.3) is 11.1 Å². The van der Waals surface area contributed by atoms with Crippen molar-refractivity contribution in [3.05, 3.63) is 23.8 Å². The van der Waals surface area contributed by atoms with Crippen molar-refractivity contribution in [2.45, 2.75) is 68.9 Å². The number of rotatable bonds is 3. The average molecular weight is 477 g/mol. The number of piperidine rings is 3. The lowest BCUT2D eigenvalue weighted by molar-refractivity contribution is -0.169. The number of amides is 1. The third-order valence-electron chi connectivity index (χ3n) is 7.94. The van der Waals surface area contributed by atoms with Crippen molar-refractivity contribution in [2.24, 2.45) is 0 Å². The molecule has 0 radical (unpaired) electrons. The number of carbonyl (C=O) groups is 1. The Balaban J connectivity index is 0.00000228. The van der Waals surface area contributed by atoms with Gasteiger partial charge in [0.25, 0.3) is 11.9 Å². The first-order valence-corrected chi connectivity index (χ1v) is 12.1. The highest BCUT2D eigenvalue weighted by atomic mass is 35.5. The molecule has 4 aliphatic rings. The predicted molar refractivity (Wildman–Crippen MR) is 127 cm³/mol. The molecule has 5 heterocycles. The van der Waals surface area contributed by atoms with Gasteiger partial charge in [0.05, 0.1) is 18.8 Å². The molecular weight excluding hydrogens is 444 g/mol. The van der Waals surface area contributed by atoms with Gasteiger partial charge in [0.2, 0.25) is 0 Å². The number of aromatic nitrogens is 1. The Morgan fingerprint density at radius 1 is 1.12 bits per heavy atom. The highest BCUT2D eigenvalue weighted by Crippen LogP contribution is 2.35. The molecule has 1 N–H and O–H groups in total. The van der Waals surface area contributed by atoms with Crippen LogP contribution in [0.4, 0.5) is 6.01 Å². The summed E-state index contributed by atoms with van der Waals surface area (Å²) >= 11 is 0. The topological polar surface area (TPSA) is 80.1 Å². The number of para-hydroxylation sites is 1. The van der Waals surface area contributed by atoms with Gasteiger partial charge >= 0.3 is 0 Å². The van der Waals surface area contributed by atoms with Crippen LogP contribution >= 0.6 is 12.4 Å². The van der Waals surface area contributed by atoms with E-state index in [1.165, 1.54) is 19.3 Å². The Labute approximate surface area is 200 Å². The van der Waals surface area contributed by atoms with Gasteiger partial charge in [-0.15, -0.1) is 12.4 Å². The van der Waals surface area contributed by atoms with Gasteiger partial charge in [0.15, 0.2) is 11.4 Å². The van der Waals surface area contributed by atoms with Crippen LogP contribution in [0.15, 0.2) is 22.6 Å². The molecule has 6 rings (SSSR count). The zero-order valence-electron chi connectivity index (χ0n) is 19.1. The molecule has 1 aromatic carbocycles. The Kier molecular flexibility index (Phi) is 6.29. The highest BCUT2D eigenvalue weighted by Gasteiger charge is 2.41. The van der Waals surface area contributed by atoms with Crippen molar-refractivity contribution in [3.8, 4) is 0 Å². The fourth-order valence-electron chi connectivity index (χ4n) is 6.08. The van der Waals surface area contributed by atoms with E-state index in [2.05, 4.69) is 22.2 Å². The third-order valence-corrected chi connectivity index (χ3v) is 7.94. The number of carbonyl (C=O) groups excluding carboxylic acids is 1. The molecule has 2 bridgehead atoms. The number of fused-ring (bicyclic) bond motifs is 3. The second kappa shape index (κ2) is 9.06. The second-order valence-electron chi connectivity index (χ2n) is 9.79. The van der Waals surface area contributed by atoms with Gasteiger partial charge in [-0.1, -0.05) is 12.5 Å². The van der Waals surface area contributed by atoms with E-state index in [0.717, 1.165) is 38.8 Å². The molecule has 2 aromatic rings. The Morgan fingerprint density at radius 2 is 1.82 bits per heavy atom. The molecule has 9 heteroatoms. The van der Waals surface area contributed by atoms with Crippen molar-refractivity contribution in [2.75, 3.05) is 38.3 Å². The van der Waals surface area contributed by atoms with Crippen LogP contribution in [-0.4, -0.2) is 73.1 Å². The predicted octanol–water partition coefficient (Wildman–Crippen LogP) is 3.34. The van der Waals surface area contributed by atoms with E-state index in [9.17, 15) is 4.79 Å². The normalized spacial score (nSPS) is 29.2. The third kappa shape index (κ3) is 4.22. The summed E-state index contributed by atoms with van der Waals surface area (Å²) in [6.45, 7) is 2.85. The van der Waals surface area contributed by atoms with Crippen LogP contribution in [-0.2, 0) is 9.47 Å². The van der Waals surface area contributed by atoms with Gasteiger partial charge in [-0.2, -0.15) is 4.98 Å². The standard InChI is InChI=1S/C24H32N4O4.ClH/c1-27-17-4-2-5-18(27)15-16(14-17)25-22(29)19-6-3-7-20-21(19)26-23(32-20)28-10-8-24(9-11-28)30-12-13-31-24;/h3,6-7,16-18H,2,4-5,8-15H2,1H3,(H,25,29);1H. The minimum Gasteiger partial charge on any atom is -0.423 e. The lowest BCUT2D eigenvalue weighted by Gasteiger charge is -2.47. The molecule has 2 unspecified atom stereocenters. The molecule has 1 spiro atoms. The number of nitrogens with one attached hydrogen (secondary N) is 1. The van der Waals surface area contributed by atoms with E-state index in [1.807, 2.05) is 18.2 Å². The minimum absolute atomic E-state index is 0. The van der Waals surface area contributed by atoms with Crippen LogP contribution in [0, 0.1) is 0 Å². The second-order valence-corrected chi connectivity index (χ2v) is 9.79. The number of benzene rings is 1. The van der Waals surface area contributed by atoms with Crippen molar-refractivity contribution >= 4 is 35.4 Å². The van der Waals surface area contributed by atoms with E-state index in [1.54, 1.807) is 0 Å². The highest BCUT2D eigenvalue weighted by molar-refractivity contribution is 6.04. The van der Waals surface area contributed by atoms with Crippen LogP contribution < -0.4 is 10.2 Å². The summed E-state index contributed by atoms with van der Waals surface area (Å²) in [5, 5.41) is 3.30. The van der Waals surface area contributed by atoms with Gasteiger partial charge in [0.1, 0.15) is 5.52 Å². The fourth-order valence-corrected chi connectivity index (χ4v) is 6.08. The number of ether oxygens (including phenoxy) is 2. The summed E-state index contributed by atoms with van der Waals surface area (Å²) in [6, 6.07) is 7.57. The Bertz CT molecular complexity index is 984. The number of oxazole rings is 1. The van der Waals surface area contributed by atoms with Crippen LogP contribution in [0.2, 0.25) is 0 Å². The van der Waals surface area contributed by atoms with Crippen LogP contribution in [0.1, 0.15) is 55.3 Å². The Hall–Kier alpha value is -1.87. The van der Waals surface area contributed by atoms with Crippen molar-refractivity contribution in [1.29, 1.82) is 0 Å². The van der Waals surface area contributed by atoms with E-state index in [-0.39, 0.29) is 24.4 Å². The molecule has 0 saturated carbocycles. The van der Waals surface area contributed by atoms with E-state index >= 15 is 0 Å². The molecule has 0 aliphatic carbocycles. The molecule has 180 valence electrons. The lowest BCUT2D eigenvalue weighted by Crippen LogP contribution is -2.55. The maximum atomic E-state index is 13.2. The SMILES string of the molecule is CN1C2CCCC1CC(NC(=O)c1cccc3oc(N4CCC5(CC4)OCCO5)nc13)C2.Cl. The van der Waals surface area contributed by atoms with Gasteiger partial charge in [-0.05, 0) is 44.9 Å². The first-order chi connectivity index (χ1) is 15.6. The molecule has 33 heavy (non-hydrogen) atoms. The zero-order valence-corrected chi connectivity index (χ0v) is 19.9. The summed E-state index contributed by atoms with van der Waals surface area (Å²) in [5.41, 5.74) is 1.89. The van der Waals surface area contributed by atoms with Crippen LogP contribution in [0.5, 0.6) is 0 Å². The lowest BCUT2D eigenvalue weighted by atomic mass is 9.82. The summed E-state index contributed by atoms with van der Waals surface area (Å²) in [7, 11) is 2.23. The van der Waals surface area contributed by atoms with E-state index in [0.29, 0.717) is 48.0 Å². The quantitative estimate of drug-likeness (QED) is 0.727. The van der Waals surface area contributed by atoms with Gasteiger partial charge in [-0.3, -0.25) is 4.79 Å². The maximum Gasteiger partial charge on any atom is 0.298 e. The first-order valence-electron chi connectivity index (χ1n) is 12.1. The average Bonchev–Trinajstić information content (AvgIpc) is 3.42. The van der Waals surface area contributed by atoms with Crippen molar-refractivity contribution in [3.63, 3.8) is 0 Å². The van der Waals surface area contributed by atoms with Gasteiger partial charge in [-0.25, -0.2) is 0 Å². The van der Waals surface area contributed by atoms with Crippen LogP contribution in [0.3, 0.4) is 0 Å².